The molecule has 0 unspecified atom stereocenters. The van der Waals surface area contributed by atoms with Gasteiger partial charge >= 0.3 is 6.16 Å². The molecule has 26 heavy (non-hydrogen) atoms. The van der Waals surface area contributed by atoms with Crippen LogP contribution in [0.5, 0.6) is 5.75 Å². The molecule has 0 radical (unpaired) electrons. The third-order valence-electron chi connectivity index (χ3n) is 3.94. The predicted octanol–water partition coefficient (Wildman–Crippen LogP) is 5.22. The van der Waals surface area contributed by atoms with Gasteiger partial charge in [0.1, 0.15) is 19.0 Å². The molecule has 3 aromatic rings. The first kappa shape index (κ1) is 17.5. The molecular weight excluding hydrogens is 328 g/mol. The first-order valence-electron chi connectivity index (χ1n) is 8.32. The summed E-state index contributed by atoms with van der Waals surface area (Å²) in [7, 11) is 1.64. The molecule has 3 rings (SSSR count). The molecule has 0 amide bonds. The lowest BCUT2D eigenvalue weighted by molar-refractivity contribution is 0.0447. The van der Waals surface area contributed by atoms with Crippen molar-refractivity contribution in [2.45, 2.75) is 13.2 Å². The summed E-state index contributed by atoms with van der Waals surface area (Å²) in [6.07, 6.45) is -0.686. The topological polar surface area (TPSA) is 44.8 Å². The van der Waals surface area contributed by atoms with Gasteiger partial charge in [0.05, 0.1) is 7.11 Å². The van der Waals surface area contributed by atoms with Gasteiger partial charge in [-0.3, -0.25) is 0 Å². The van der Waals surface area contributed by atoms with Crippen molar-refractivity contribution in [3.05, 3.63) is 90.0 Å². The van der Waals surface area contributed by atoms with Gasteiger partial charge < -0.3 is 14.2 Å². The molecule has 4 nitrogen and oxygen atoms in total. The van der Waals surface area contributed by atoms with Crippen molar-refractivity contribution in [3.63, 3.8) is 0 Å². The largest absolute Gasteiger partial charge is 0.508 e. The zero-order valence-electron chi connectivity index (χ0n) is 14.6. The number of rotatable bonds is 6. The predicted molar refractivity (Wildman–Crippen MR) is 99.8 cm³/mol. The Balaban J connectivity index is 1.64. The minimum absolute atomic E-state index is 0.140. The van der Waals surface area contributed by atoms with Crippen LogP contribution in [-0.4, -0.2) is 13.3 Å². The molecule has 0 saturated carbocycles. The van der Waals surface area contributed by atoms with Gasteiger partial charge in [0.2, 0.25) is 0 Å². The van der Waals surface area contributed by atoms with Gasteiger partial charge in [-0.25, -0.2) is 4.79 Å². The monoisotopic (exact) mass is 348 g/mol. The highest BCUT2D eigenvalue weighted by Crippen LogP contribution is 2.27. The van der Waals surface area contributed by atoms with E-state index in [2.05, 4.69) is 0 Å². The number of ether oxygens (including phenoxy) is 3. The molecule has 132 valence electrons. The van der Waals surface area contributed by atoms with E-state index < -0.39 is 6.16 Å². The zero-order chi connectivity index (χ0) is 18.2. The van der Waals surface area contributed by atoms with E-state index in [-0.39, 0.29) is 13.2 Å². The van der Waals surface area contributed by atoms with Crippen LogP contribution in [0.25, 0.3) is 11.1 Å². The Bertz CT molecular complexity index is 859. The van der Waals surface area contributed by atoms with E-state index in [1.165, 1.54) is 0 Å². The highest BCUT2D eigenvalue weighted by Gasteiger charge is 2.10. The van der Waals surface area contributed by atoms with Gasteiger partial charge in [-0.1, -0.05) is 66.7 Å². The Labute approximate surface area is 153 Å². The third kappa shape index (κ3) is 4.63. The number of benzene rings is 3. The maximum Gasteiger partial charge on any atom is 0.508 e. The van der Waals surface area contributed by atoms with Crippen LogP contribution in [0.2, 0.25) is 0 Å². The first-order chi connectivity index (χ1) is 12.8. The van der Waals surface area contributed by atoms with Crippen LogP contribution in [0, 0.1) is 0 Å². The molecule has 0 heterocycles. The van der Waals surface area contributed by atoms with E-state index in [1.54, 1.807) is 7.11 Å². The fourth-order valence-electron chi connectivity index (χ4n) is 2.61. The lowest BCUT2D eigenvalue weighted by atomic mass is 10.00. The summed E-state index contributed by atoms with van der Waals surface area (Å²) >= 11 is 0. The van der Waals surface area contributed by atoms with Crippen LogP contribution in [-0.2, 0) is 22.7 Å². The molecule has 0 atom stereocenters. The van der Waals surface area contributed by atoms with Crippen molar-refractivity contribution in [3.8, 4) is 16.9 Å². The van der Waals surface area contributed by atoms with Crippen molar-refractivity contribution >= 4 is 6.16 Å². The van der Waals surface area contributed by atoms with Crippen LogP contribution in [0.15, 0.2) is 78.9 Å². The van der Waals surface area contributed by atoms with Gasteiger partial charge in [0.15, 0.2) is 0 Å². The minimum Gasteiger partial charge on any atom is -0.497 e. The number of methoxy groups -OCH3 is 1. The average molecular weight is 348 g/mol. The Morgan fingerprint density at radius 1 is 0.808 bits per heavy atom. The summed E-state index contributed by atoms with van der Waals surface area (Å²) in [6, 6.07) is 25.0. The zero-order valence-corrected chi connectivity index (χ0v) is 14.6. The van der Waals surface area contributed by atoms with Gasteiger partial charge in [0, 0.05) is 0 Å². The van der Waals surface area contributed by atoms with Gasteiger partial charge in [-0.05, 0) is 34.4 Å². The third-order valence-corrected chi connectivity index (χ3v) is 3.94. The van der Waals surface area contributed by atoms with E-state index in [9.17, 15) is 4.79 Å². The number of carbonyl (C=O) groups is 1. The maximum absolute atomic E-state index is 11.9. The SMILES string of the molecule is COc1cccc(-c2ccccc2COC(=O)OCc2ccccc2)c1. The second-order valence-electron chi connectivity index (χ2n) is 5.70. The van der Waals surface area contributed by atoms with Crippen LogP contribution < -0.4 is 4.74 Å². The van der Waals surface area contributed by atoms with Crippen molar-refractivity contribution in [2.24, 2.45) is 0 Å². The average Bonchev–Trinajstić information content (AvgIpc) is 2.71. The fraction of sp³-hybridized carbons (Fsp3) is 0.136. The summed E-state index contributed by atoms with van der Waals surface area (Å²) in [5.74, 6) is 0.778. The second-order valence-corrected chi connectivity index (χ2v) is 5.70. The fourth-order valence-corrected chi connectivity index (χ4v) is 2.61. The van der Waals surface area contributed by atoms with E-state index in [0.29, 0.717) is 0 Å². The van der Waals surface area contributed by atoms with Crippen molar-refractivity contribution in [1.82, 2.24) is 0 Å². The Hall–Kier alpha value is -3.27. The molecule has 0 bridgehead atoms. The molecule has 0 aromatic heterocycles. The summed E-state index contributed by atoms with van der Waals surface area (Å²) < 4.78 is 15.7. The Kier molecular flexibility index (Phi) is 5.88. The van der Waals surface area contributed by atoms with Crippen molar-refractivity contribution in [1.29, 1.82) is 0 Å². The molecular formula is C22H20O4. The van der Waals surface area contributed by atoms with Crippen molar-refractivity contribution < 1.29 is 19.0 Å². The molecule has 4 heteroatoms. The van der Waals surface area contributed by atoms with E-state index >= 15 is 0 Å². The molecule has 0 aliphatic rings. The quantitative estimate of drug-likeness (QED) is 0.573. The molecule has 0 aliphatic heterocycles. The molecule has 0 spiro atoms. The summed E-state index contributed by atoms with van der Waals surface area (Å²) in [4.78, 5) is 11.9. The molecule has 0 N–H and O–H groups in total. The molecule has 0 aliphatic carbocycles. The highest BCUT2D eigenvalue weighted by atomic mass is 16.7. The Morgan fingerprint density at radius 3 is 2.35 bits per heavy atom. The van der Waals surface area contributed by atoms with Crippen LogP contribution in [0.1, 0.15) is 11.1 Å². The number of hydrogen-bond donors (Lipinski definition) is 0. The number of hydrogen-bond acceptors (Lipinski definition) is 4. The summed E-state index contributed by atoms with van der Waals surface area (Å²) in [6.45, 7) is 0.332. The normalized spacial score (nSPS) is 10.2. The molecule has 0 saturated heterocycles. The highest BCUT2D eigenvalue weighted by molar-refractivity contribution is 5.69. The molecule has 3 aromatic carbocycles. The van der Waals surface area contributed by atoms with Gasteiger partial charge in [-0.15, -0.1) is 0 Å². The minimum atomic E-state index is -0.686. The summed E-state index contributed by atoms with van der Waals surface area (Å²) in [5, 5.41) is 0. The lowest BCUT2D eigenvalue weighted by Crippen LogP contribution is -2.08. The summed E-state index contributed by atoms with van der Waals surface area (Å²) in [5.41, 5.74) is 3.81. The van der Waals surface area contributed by atoms with E-state index in [1.807, 2.05) is 78.9 Å². The van der Waals surface area contributed by atoms with Crippen LogP contribution in [0.3, 0.4) is 0 Å². The first-order valence-corrected chi connectivity index (χ1v) is 8.32. The number of carbonyl (C=O) groups excluding carboxylic acids is 1. The smallest absolute Gasteiger partial charge is 0.497 e. The van der Waals surface area contributed by atoms with E-state index in [4.69, 9.17) is 14.2 Å². The van der Waals surface area contributed by atoms with Crippen LogP contribution >= 0.6 is 0 Å². The maximum atomic E-state index is 11.9. The second kappa shape index (κ2) is 8.72. The lowest BCUT2D eigenvalue weighted by Gasteiger charge is -2.11. The molecule has 0 fully saturated rings. The Morgan fingerprint density at radius 2 is 1.54 bits per heavy atom. The van der Waals surface area contributed by atoms with Crippen molar-refractivity contribution in [2.75, 3.05) is 7.11 Å². The van der Waals surface area contributed by atoms with E-state index in [0.717, 1.165) is 28.0 Å². The van der Waals surface area contributed by atoms with Gasteiger partial charge in [0.25, 0.3) is 0 Å². The van der Waals surface area contributed by atoms with Gasteiger partial charge in [-0.2, -0.15) is 0 Å². The standard InChI is InChI=1S/C22H20O4/c1-24-20-12-7-11-18(14-20)21-13-6-5-10-19(21)16-26-22(23)25-15-17-8-3-2-4-9-17/h2-14H,15-16H2,1H3. The van der Waals surface area contributed by atoms with Crippen LogP contribution in [0.4, 0.5) is 4.79 Å².